The lowest BCUT2D eigenvalue weighted by Gasteiger charge is -2.22. The molecule has 2 aromatic heterocycles. The van der Waals surface area contributed by atoms with Crippen LogP contribution < -0.4 is 16.6 Å². The summed E-state index contributed by atoms with van der Waals surface area (Å²) in [6, 6.07) is 1.74. The highest BCUT2D eigenvalue weighted by atomic mass is 16.2. The minimum Gasteiger partial charge on any atom is -0.355 e. The maximum Gasteiger partial charge on any atom is 0.329 e. The maximum atomic E-state index is 13.6. The topological polar surface area (TPSA) is 120 Å². The first-order chi connectivity index (χ1) is 15.4. The molecule has 0 atom stereocenters. The number of carbonyl (C=O) groups is 2. The minimum absolute atomic E-state index is 0.0226. The first-order valence-corrected chi connectivity index (χ1v) is 11.4. The quantitative estimate of drug-likeness (QED) is 0.662. The molecule has 0 bridgehead atoms. The standard InChI is InChI=1S/C22H30N6O4/c1-3-23-17(29)13-26-8-5-9-27(11-10-26)21(31)15-12-16(14-6-7-14)24-19-18(15)20(30)25-22(32)28(19)4-2/h12,14H,3-11,13H2,1-2H3,(H,23,29)(H,25,30,32). The Balaban J connectivity index is 1.67. The summed E-state index contributed by atoms with van der Waals surface area (Å²) in [4.78, 5) is 61.3. The second-order valence-corrected chi connectivity index (χ2v) is 8.45. The number of carbonyl (C=O) groups excluding carboxylic acids is 2. The van der Waals surface area contributed by atoms with E-state index in [4.69, 9.17) is 0 Å². The van der Waals surface area contributed by atoms with Crippen LogP contribution in [0.15, 0.2) is 15.7 Å². The number of nitrogens with one attached hydrogen (secondary N) is 2. The molecule has 2 amide bonds. The lowest BCUT2D eigenvalue weighted by atomic mass is 10.1. The van der Waals surface area contributed by atoms with Crippen LogP contribution in [0, 0.1) is 0 Å². The molecule has 1 aliphatic carbocycles. The Hall–Kier alpha value is -3.01. The van der Waals surface area contributed by atoms with E-state index in [1.54, 1.807) is 11.0 Å². The van der Waals surface area contributed by atoms with Crippen LogP contribution in [0.3, 0.4) is 0 Å². The number of hydrogen-bond donors (Lipinski definition) is 2. The van der Waals surface area contributed by atoms with Gasteiger partial charge < -0.3 is 10.2 Å². The van der Waals surface area contributed by atoms with Gasteiger partial charge in [0.05, 0.1) is 17.5 Å². The van der Waals surface area contributed by atoms with Crippen molar-refractivity contribution in [3.63, 3.8) is 0 Å². The fourth-order valence-electron chi connectivity index (χ4n) is 4.30. The van der Waals surface area contributed by atoms with Gasteiger partial charge >= 0.3 is 5.69 Å². The molecule has 1 saturated heterocycles. The van der Waals surface area contributed by atoms with Gasteiger partial charge in [0.15, 0.2) is 5.65 Å². The second-order valence-electron chi connectivity index (χ2n) is 8.45. The van der Waals surface area contributed by atoms with Crippen molar-refractivity contribution < 1.29 is 9.59 Å². The van der Waals surface area contributed by atoms with Crippen LogP contribution in [0.25, 0.3) is 11.0 Å². The fourth-order valence-corrected chi connectivity index (χ4v) is 4.30. The van der Waals surface area contributed by atoms with Crippen molar-refractivity contribution in [2.75, 3.05) is 39.3 Å². The molecule has 10 nitrogen and oxygen atoms in total. The number of H-pyrrole nitrogens is 1. The highest BCUT2D eigenvalue weighted by Crippen LogP contribution is 2.40. The fraction of sp³-hybridized carbons (Fsp3) is 0.591. The third-order valence-corrected chi connectivity index (χ3v) is 6.13. The van der Waals surface area contributed by atoms with Gasteiger partial charge in [0, 0.05) is 50.9 Å². The number of aromatic amines is 1. The zero-order valence-electron chi connectivity index (χ0n) is 18.6. The molecule has 0 unspecified atom stereocenters. The molecular weight excluding hydrogens is 412 g/mol. The van der Waals surface area contributed by atoms with E-state index in [0.29, 0.717) is 44.8 Å². The lowest BCUT2D eigenvalue weighted by molar-refractivity contribution is -0.122. The van der Waals surface area contributed by atoms with E-state index in [2.05, 4.69) is 15.3 Å². The normalized spacial score (nSPS) is 17.4. The third kappa shape index (κ3) is 4.45. The largest absolute Gasteiger partial charge is 0.355 e. The van der Waals surface area contributed by atoms with Crippen LogP contribution >= 0.6 is 0 Å². The highest BCUT2D eigenvalue weighted by molar-refractivity contribution is 6.05. The van der Waals surface area contributed by atoms with E-state index < -0.39 is 11.2 Å². The Morgan fingerprint density at radius 2 is 1.94 bits per heavy atom. The molecule has 3 heterocycles. The van der Waals surface area contributed by atoms with E-state index in [1.165, 1.54) is 4.57 Å². The molecule has 0 radical (unpaired) electrons. The maximum absolute atomic E-state index is 13.6. The monoisotopic (exact) mass is 442 g/mol. The van der Waals surface area contributed by atoms with E-state index in [0.717, 1.165) is 31.5 Å². The van der Waals surface area contributed by atoms with Crippen LogP contribution in [0.1, 0.15) is 55.1 Å². The SMILES string of the molecule is CCNC(=O)CN1CCCN(C(=O)c2cc(C3CC3)nc3c2c(=O)[nH]c(=O)n3CC)CC1. The van der Waals surface area contributed by atoms with Gasteiger partial charge in [-0.25, -0.2) is 9.78 Å². The molecule has 0 spiro atoms. The Kier molecular flexibility index (Phi) is 6.40. The second kappa shape index (κ2) is 9.23. The third-order valence-electron chi connectivity index (χ3n) is 6.13. The Morgan fingerprint density at radius 1 is 1.16 bits per heavy atom. The van der Waals surface area contributed by atoms with Crippen molar-refractivity contribution in [1.29, 1.82) is 0 Å². The number of hydrogen-bond acceptors (Lipinski definition) is 6. The Morgan fingerprint density at radius 3 is 2.62 bits per heavy atom. The average Bonchev–Trinajstić information content (AvgIpc) is 3.61. The number of aromatic nitrogens is 3. The molecule has 2 fully saturated rings. The number of amides is 2. The molecule has 2 aliphatic rings. The summed E-state index contributed by atoms with van der Waals surface area (Å²) in [5, 5.41) is 2.97. The summed E-state index contributed by atoms with van der Waals surface area (Å²) in [6.07, 6.45) is 2.72. The van der Waals surface area contributed by atoms with Crippen molar-refractivity contribution in [3.8, 4) is 0 Å². The summed E-state index contributed by atoms with van der Waals surface area (Å²) in [5.41, 5.74) is 0.250. The number of fused-ring (bicyclic) bond motifs is 1. The molecule has 32 heavy (non-hydrogen) atoms. The highest BCUT2D eigenvalue weighted by Gasteiger charge is 2.30. The lowest BCUT2D eigenvalue weighted by Crippen LogP contribution is -2.40. The summed E-state index contributed by atoms with van der Waals surface area (Å²) < 4.78 is 1.41. The van der Waals surface area contributed by atoms with Gasteiger partial charge in [-0.15, -0.1) is 0 Å². The first kappa shape index (κ1) is 22.2. The van der Waals surface area contributed by atoms with Gasteiger partial charge in [-0.05, 0) is 39.2 Å². The van der Waals surface area contributed by atoms with E-state index in [-0.39, 0.29) is 28.8 Å². The number of aryl methyl sites for hydroxylation is 1. The Bertz CT molecular complexity index is 1150. The van der Waals surface area contributed by atoms with Crippen molar-refractivity contribution >= 4 is 22.8 Å². The molecule has 2 aromatic rings. The molecule has 1 aliphatic heterocycles. The molecule has 0 aromatic carbocycles. The smallest absolute Gasteiger partial charge is 0.329 e. The van der Waals surface area contributed by atoms with Crippen LogP contribution in [0.4, 0.5) is 0 Å². The summed E-state index contributed by atoms with van der Waals surface area (Å²) in [7, 11) is 0. The zero-order chi connectivity index (χ0) is 22.8. The molecule has 10 heteroatoms. The van der Waals surface area contributed by atoms with Gasteiger partial charge in [-0.2, -0.15) is 0 Å². The van der Waals surface area contributed by atoms with E-state index >= 15 is 0 Å². The predicted octanol–water partition coefficient (Wildman–Crippen LogP) is 0.266. The van der Waals surface area contributed by atoms with Gasteiger partial charge in [0.1, 0.15) is 0 Å². The zero-order valence-corrected chi connectivity index (χ0v) is 18.6. The number of nitrogens with zero attached hydrogens (tertiary/aromatic N) is 4. The average molecular weight is 443 g/mol. The van der Waals surface area contributed by atoms with Crippen LogP contribution in [-0.2, 0) is 11.3 Å². The van der Waals surface area contributed by atoms with E-state index in [9.17, 15) is 19.2 Å². The first-order valence-electron chi connectivity index (χ1n) is 11.4. The van der Waals surface area contributed by atoms with Gasteiger partial charge in [-0.3, -0.25) is 28.8 Å². The number of pyridine rings is 1. The summed E-state index contributed by atoms with van der Waals surface area (Å²) >= 11 is 0. The number of rotatable bonds is 6. The van der Waals surface area contributed by atoms with Crippen molar-refractivity contribution in [3.05, 3.63) is 38.2 Å². The van der Waals surface area contributed by atoms with Gasteiger partial charge in [0.25, 0.3) is 11.5 Å². The predicted molar refractivity (Wildman–Crippen MR) is 120 cm³/mol. The number of likely N-dealkylation sites (N-methyl/N-ethyl adjacent to an activating group) is 1. The molecule has 4 rings (SSSR count). The Labute approximate surface area is 185 Å². The van der Waals surface area contributed by atoms with Crippen molar-refractivity contribution in [2.24, 2.45) is 0 Å². The van der Waals surface area contributed by atoms with Gasteiger partial charge in [0.2, 0.25) is 5.91 Å². The molecule has 2 N–H and O–H groups in total. The molecule has 172 valence electrons. The summed E-state index contributed by atoms with van der Waals surface area (Å²) in [5.74, 6) is 0.0128. The van der Waals surface area contributed by atoms with E-state index in [1.807, 2.05) is 18.7 Å². The van der Waals surface area contributed by atoms with Crippen molar-refractivity contribution in [1.82, 2.24) is 29.7 Å². The van der Waals surface area contributed by atoms with Crippen LogP contribution in [0.2, 0.25) is 0 Å². The van der Waals surface area contributed by atoms with Crippen LogP contribution in [0.5, 0.6) is 0 Å². The molecule has 1 saturated carbocycles. The summed E-state index contributed by atoms with van der Waals surface area (Å²) in [6.45, 7) is 7.25. The van der Waals surface area contributed by atoms with Gasteiger partial charge in [-0.1, -0.05) is 0 Å². The minimum atomic E-state index is -0.583. The van der Waals surface area contributed by atoms with Crippen molar-refractivity contribution in [2.45, 2.75) is 45.6 Å². The molecular formula is C22H30N6O4. The van der Waals surface area contributed by atoms with Crippen LogP contribution in [-0.4, -0.2) is 75.4 Å².